The van der Waals surface area contributed by atoms with Crippen molar-refractivity contribution in [3.05, 3.63) is 0 Å². The normalized spacial score (nSPS) is 17.8. The average molecular weight is 638 g/mol. The molecule has 0 saturated carbocycles. The van der Waals surface area contributed by atoms with Crippen LogP contribution in [0, 0.1) is 17.2 Å². The van der Waals surface area contributed by atoms with Crippen LogP contribution in [0.5, 0.6) is 0 Å². The van der Waals surface area contributed by atoms with Crippen LogP contribution in [-0.4, -0.2) is 96.5 Å². The van der Waals surface area contributed by atoms with E-state index in [1.54, 1.807) is 7.05 Å². The molecule has 1 rings (SSSR count). The number of amides is 5. The van der Waals surface area contributed by atoms with Gasteiger partial charge in [-0.25, -0.2) is 0 Å². The number of nitrogens with zero attached hydrogens (tertiary/aromatic N) is 1. The maximum absolute atomic E-state index is 13.9. The molecule has 1 aliphatic rings. The first kappa shape index (κ1) is 39.3. The second kappa shape index (κ2) is 19.6. The van der Waals surface area contributed by atoms with E-state index in [0.29, 0.717) is 38.6 Å². The van der Waals surface area contributed by atoms with Crippen molar-refractivity contribution in [2.24, 2.45) is 23.3 Å². The molecule has 1 saturated heterocycles. The summed E-state index contributed by atoms with van der Waals surface area (Å²) in [5.41, 5.74) is 10.6. The topological polar surface area (TPSA) is 242 Å². The Morgan fingerprint density at radius 1 is 0.933 bits per heavy atom. The number of guanidine groups is 1. The molecule has 0 aromatic carbocycles. The summed E-state index contributed by atoms with van der Waals surface area (Å²) in [5, 5.41) is 21.3. The molecule has 0 aromatic heterocycles. The Bertz CT molecular complexity index is 1050. The van der Waals surface area contributed by atoms with Gasteiger partial charge in [0, 0.05) is 13.1 Å². The van der Waals surface area contributed by atoms with E-state index in [2.05, 4.69) is 26.6 Å². The number of nitrogens with one attached hydrogen (secondary N) is 6. The van der Waals surface area contributed by atoms with E-state index in [4.69, 9.17) is 16.9 Å². The van der Waals surface area contributed by atoms with Crippen molar-refractivity contribution in [2.75, 3.05) is 20.1 Å². The molecule has 10 N–H and O–H groups in total. The molecule has 5 amide bonds. The van der Waals surface area contributed by atoms with Crippen LogP contribution in [-0.2, 0) is 28.8 Å². The quantitative estimate of drug-likeness (QED) is 0.0474. The summed E-state index contributed by atoms with van der Waals surface area (Å²) in [4.78, 5) is 78.8. The van der Waals surface area contributed by atoms with Gasteiger partial charge < -0.3 is 43.0 Å². The predicted octanol–water partition coefficient (Wildman–Crippen LogP) is -0.770. The fraction of sp³-hybridized carbons (Fsp3) is 0.767. The van der Waals surface area contributed by atoms with Crippen LogP contribution in [0.25, 0.3) is 0 Å². The molecular formula is C30H55N9O6. The van der Waals surface area contributed by atoms with Gasteiger partial charge in [-0.05, 0) is 64.3 Å². The zero-order chi connectivity index (χ0) is 34.3. The molecule has 1 aliphatic heterocycles. The average Bonchev–Trinajstić information content (AvgIpc) is 3.45. The highest BCUT2D eigenvalue weighted by atomic mass is 16.2. The number of rotatable bonds is 20. The molecule has 256 valence electrons. The highest BCUT2D eigenvalue weighted by molar-refractivity contribution is 5.97. The summed E-state index contributed by atoms with van der Waals surface area (Å²) in [7, 11) is 1.69. The van der Waals surface area contributed by atoms with Gasteiger partial charge in [0.15, 0.2) is 11.7 Å². The monoisotopic (exact) mass is 637 g/mol. The fourth-order valence-electron chi connectivity index (χ4n) is 5.37. The van der Waals surface area contributed by atoms with Gasteiger partial charge in [0.05, 0.1) is 18.5 Å². The van der Waals surface area contributed by atoms with Gasteiger partial charge in [0.1, 0.15) is 18.1 Å². The Kier molecular flexibility index (Phi) is 17.1. The summed E-state index contributed by atoms with van der Waals surface area (Å²) in [6, 6.07) is -4.40. The molecule has 15 heteroatoms. The highest BCUT2D eigenvalue weighted by Crippen LogP contribution is 2.21. The van der Waals surface area contributed by atoms with Crippen molar-refractivity contribution in [2.45, 2.75) is 116 Å². The smallest absolute Gasteiger partial charge is 0.245 e. The third-order valence-corrected chi connectivity index (χ3v) is 8.05. The largest absolute Gasteiger partial charge is 0.370 e. The second-order valence-electron chi connectivity index (χ2n) is 12.3. The molecule has 0 aromatic rings. The maximum atomic E-state index is 13.9. The standard InChI is InChI=1S/C30H55N9O6/c1-7-18(4)25(34-6)28(44)38-22(15-17(2)3)26(42)36-20(11-8-9-13-35-30(32)33)29(45)39-14-10-12-23(39)27(43)37-21(19(5)40)16-24(31)41/h17-18,20-23,25,34H,7-16H2,1-6H3,(H2,31,41)(H,36,42)(H,37,43)(H,38,44)(H4,32,33,35)/t18-,20-,21-,22-,23-,25-/m0/s1. The van der Waals surface area contributed by atoms with Crippen LogP contribution in [0.15, 0.2) is 0 Å². The van der Waals surface area contributed by atoms with E-state index in [0.717, 1.165) is 6.42 Å². The number of likely N-dealkylation sites (tertiary alicyclic amines) is 1. The SMILES string of the molecule is CC[C@H](C)[C@H](NC)C(=O)N[C@@H](CC(C)C)C(=O)N[C@@H](CCCCNC(=N)N)C(=O)N1CCC[C@H]1C(=O)N[C@@H](CC(N)=O)C(C)=O. The number of hydrogen-bond donors (Lipinski definition) is 8. The molecule has 1 fully saturated rings. The minimum Gasteiger partial charge on any atom is -0.370 e. The summed E-state index contributed by atoms with van der Waals surface area (Å²) >= 11 is 0. The molecular weight excluding hydrogens is 582 g/mol. The van der Waals surface area contributed by atoms with E-state index in [1.165, 1.54) is 11.8 Å². The van der Waals surface area contributed by atoms with Crippen molar-refractivity contribution in [3.8, 4) is 0 Å². The summed E-state index contributed by atoms with van der Waals surface area (Å²) in [6.07, 6.45) is 2.90. The van der Waals surface area contributed by atoms with E-state index >= 15 is 0 Å². The van der Waals surface area contributed by atoms with Gasteiger partial charge in [-0.3, -0.25) is 34.2 Å². The number of likely N-dealkylation sites (N-methyl/N-ethyl adjacent to an activating group) is 1. The zero-order valence-corrected chi connectivity index (χ0v) is 27.7. The molecule has 0 aliphatic carbocycles. The van der Waals surface area contributed by atoms with Gasteiger partial charge in [0.2, 0.25) is 29.5 Å². The van der Waals surface area contributed by atoms with Crippen molar-refractivity contribution in [1.82, 2.24) is 31.5 Å². The molecule has 0 bridgehead atoms. The fourth-order valence-corrected chi connectivity index (χ4v) is 5.37. The lowest BCUT2D eigenvalue weighted by Gasteiger charge is -2.31. The van der Waals surface area contributed by atoms with Gasteiger partial charge in [-0.1, -0.05) is 34.1 Å². The number of primary amides is 1. The second-order valence-corrected chi connectivity index (χ2v) is 12.3. The lowest BCUT2D eigenvalue weighted by Crippen LogP contribution is -2.59. The number of hydrogen-bond acceptors (Lipinski definition) is 8. The molecule has 0 radical (unpaired) electrons. The van der Waals surface area contributed by atoms with E-state index in [9.17, 15) is 28.8 Å². The van der Waals surface area contributed by atoms with Gasteiger partial charge in [-0.2, -0.15) is 0 Å². The Morgan fingerprint density at radius 3 is 2.11 bits per heavy atom. The molecule has 45 heavy (non-hydrogen) atoms. The lowest BCUT2D eigenvalue weighted by atomic mass is 9.97. The summed E-state index contributed by atoms with van der Waals surface area (Å²) < 4.78 is 0. The number of ketones is 1. The van der Waals surface area contributed by atoms with Crippen molar-refractivity contribution in [1.29, 1.82) is 5.41 Å². The minimum absolute atomic E-state index is 0.0273. The summed E-state index contributed by atoms with van der Waals surface area (Å²) in [5.74, 6) is -3.12. The third-order valence-electron chi connectivity index (χ3n) is 8.05. The van der Waals surface area contributed by atoms with Gasteiger partial charge in [0.25, 0.3) is 0 Å². The Hall–Kier alpha value is -3.75. The number of nitrogens with two attached hydrogens (primary N) is 2. The van der Waals surface area contributed by atoms with Gasteiger partial charge in [-0.15, -0.1) is 0 Å². The zero-order valence-electron chi connectivity index (χ0n) is 27.7. The highest BCUT2D eigenvalue weighted by Gasteiger charge is 2.39. The first-order valence-electron chi connectivity index (χ1n) is 15.9. The minimum atomic E-state index is -1.10. The molecule has 0 unspecified atom stereocenters. The number of carbonyl (C=O) groups excluding carboxylic acids is 6. The Morgan fingerprint density at radius 2 is 1.58 bits per heavy atom. The van der Waals surface area contributed by atoms with Crippen molar-refractivity contribution >= 4 is 41.3 Å². The predicted molar refractivity (Wildman–Crippen MR) is 171 cm³/mol. The van der Waals surface area contributed by atoms with Gasteiger partial charge >= 0.3 is 0 Å². The number of unbranched alkanes of at least 4 members (excludes halogenated alkanes) is 1. The maximum Gasteiger partial charge on any atom is 0.245 e. The Balaban J connectivity index is 3.21. The van der Waals surface area contributed by atoms with Crippen LogP contribution < -0.4 is 38.1 Å². The number of carbonyl (C=O) groups is 6. The van der Waals surface area contributed by atoms with Crippen molar-refractivity contribution in [3.63, 3.8) is 0 Å². The number of Topliss-reactive ketones (excluding diaryl/α,β-unsaturated/α-hetero) is 1. The van der Waals surface area contributed by atoms with Crippen LogP contribution in [0.1, 0.15) is 86.0 Å². The molecule has 0 spiro atoms. The van der Waals surface area contributed by atoms with E-state index in [-0.39, 0.29) is 43.1 Å². The molecule has 6 atom stereocenters. The first-order valence-corrected chi connectivity index (χ1v) is 15.9. The van der Waals surface area contributed by atoms with Crippen LogP contribution >= 0.6 is 0 Å². The van der Waals surface area contributed by atoms with Crippen LogP contribution in [0.3, 0.4) is 0 Å². The van der Waals surface area contributed by atoms with E-state index in [1.807, 2.05) is 27.7 Å². The first-order chi connectivity index (χ1) is 21.1. The van der Waals surface area contributed by atoms with Crippen LogP contribution in [0.2, 0.25) is 0 Å². The van der Waals surface area contributed by atoms with Crippen molar-refractivity contribution < 1.29 is 28.8 Å². The lowest BCUT2D eigenvalue weighted by molar-refractivity contribution is -0.142. The molecule has 1 heterocycles. The van der Waals surface area contributed by atoms with Crippen LogP contribution in [0.4, 0.5) is 0 Å². The molecule has 15 nitrogen and oxygen atoms in total. The Labute approximate surface area is 266 Å². The summed E-state index contributed by atoms with van der Waals surface area (Å²) in [6.45, 7) is 9.70. The third kappa shape index (κ3) is 13.4. The van der Waals surface area contributed by atoms with E-state index < -0.39 is 59.6 Å².